The van der Waals surface area contributed by atoms with Crippen LogP contribution in [0.4, 0.5) is 0 Å². The Morgan fingerprint density at radius 1 is 0.650 bits per heavy atom. The molecule has 0 atom stereocenters. The monoisotopic (exact) mass is 258 g/mol. The SMILES string of the molecule is CC(C)(C)c1ccc2cccc3c2c1-c1ccccc1-3. The minimum atomic E-state index is 0.161. The van der Waals surface area contributed by atoms with Crippen molar-refractivity contribution >= 4 is 10.8 Å². The molecule has 20 heavy (non-hydrogen) atoms. The van der Waals surface area contributed by atoms with Gasteiger partial charge in [0.25, 0.3) is 0 Å². The Hall–Kier alpha value is -2.08. The Morgan fingerprint density at radius 2 is 1.35 bits per heavy atom. The van der Waals surface area contributed by atoms with Crippen LogP contribution in [0.5, 0.6) is 0 Å². The molecule has 0 nitrogen and oxygen atoms in total. The molecular weight excluding hydrogens is 240 g/mol. The van der Waals surface area contributed by atoms with Crippen molar-refractivity contribution in [3.05, 3.63) is 60.2 Å². The second-order valence-corrected chi connectivity index (χ2v) is 6.69. The zero-order valence-corrected chi connectivity index (χ0v) is 12.2. The molecule has 3 aromatic rings. The fourth-order valence-electron chi connectivity index (χ4n) is 3.44. The molecule has 98 valence electrons. The quantitative estimate of drug-likeness (QED) is 0.375. The lowest BCUT2D eigenvalue weighted by Crippen LogP contribution is -2.12. The molecule has 0 unspecified atom stereocenters. The number of rotatable bonds is 0. The molecule has 0 N–H and O–H groups in total. The fourth-order valence-corrected chi connectivity index (χ4v) is 3.44. The zero-order chi connectivity index (χ0) is 13.9. The highest BCUT2D eigenvalue weighted by Gasteiger charge is 2.27. The Labute approximate surface area is 120 Å². The first-order chi connectivity index (χ1) is 9.57. The molecule has 0 saturated carbocycles. The second kappa shape index (κ2) is 3.73. The molecule has 0 heterocycles. The minimum Gasteiger partial charge on any atom is -0.0616 e. The van der Waals surface area contributed by atoms with E-state index in [1.165, 1.54) is 38.6 Å². The van der Waals surface area contributed by atoms with Crippen molar-refractivity contribution in [1.29, 1.82) is 0 Å². The summed E-state index contributed by atoms with van der Waals surface area (Å²) in [5, 5.41) is 2.78. The van der Waals surface area contributed by atoms with Crippen molar-refractivity contribution in [2.75, 3.05) is 0 Å². The standard InChI is InChI=1S/C20H18/c1-20(2,3)17-12-11-13-7-6-10-15-14-8-4-5-9-16(14)19(17)18(13)15/h4-12H,1-3H3. The molecule has 0 heteroatoms. The van der Waals surface area contributed by atoms with Gasteiger partial charge in [-0.25, -0.2) is 0 Å². The lowest BCUT2D eigenvalue weighted by Gasteiger charge is -2.23. The summed E-state index contributed by atoms with van der Waals surface area (Å²) in [6.45, 7) is 6.90. The van der Waals surface area contributed by atoms with Crippen molar-refractivity contribution in [3.8, 4) is 22.3 Å². The van der Waals surface area contributed by atoms with Crippen molar-refractivity contribution in [3.63, 3.8) is 0 Å². The number of benzene rings is 3. The molecule has 4 rings (SSSR count). The summed E-state index contributed by atoms with van der Waals surface area (Å²) in [4.78, 5) is 0. The zero-order valence-electron chi connectivity index (χ0n) is 12.2. The first-order valence-corrected chi connectivity index (χ1v) is 7.23. The molecule has 1 aliphatic rings. The highest BCUT2D eigenvalue weighted by Crippen LogP contribution is 2.50. The largest absolute Gasteiger partial charge is 0.0616 e. The number of hydrogen-bond donors (Lipinski definition) is 0. The average Bonchev–Trinajstić information content (AvgIpc) is 2.76. The van der Waals surface area contributed by atoms with Crippen LogP contribution in [0.2, 0.25) is 0 Å². The van der Waals surface area contributed by atoms with E-state index in [1.807, 2.05) is 0 Å². The van der Waals surface area contributed by atoms with Gasteiger partial charge < -0.3 is 0 Å². The van der Waals surface area contributed by atoms with E-state index in [2.05, 4.69) is 75.4 Å². The van der Waals surface area contributed by atoms with Crippen molar-refractivity contribution < 1.29 is 0 Å². The molecule has 0 fully saturated rings. The Bertz CT molecular complexity index is 832. The van der Waals surface area contributed by atoms with E-state index in [-0.39, 0.29) is 5.41 Å². The lowest BCUT2D eigenvalue weighted by atomic mass is 9.81. The summed E-state index contributed by atoms with van der Waals surface area (Å²) < 4.78 is 0. The molecule has 3 aromatic carbocycles. The van der Waals surface area contributed by atoms with Crippen LogP contribution >= 0.6 is 0 Å². The van der Waals surface area contributed by atoms with Crippen molar-refractivity contribution in [1.82, 2.24) is 0 Å². The normalized spacial score (nSPS) is 12.8. The molecule has 0 amide bonds. The minimum absolute atomic E-state index is 0.161. The summed E-state index contributed by atoms with van der Waals surface area (Å²) in [5.74, 6) is 0. The van der Waals surface area contributed by atoms with Gasteiger partial charge in [0.05, 0.1) is 0 Å². The van der Waals surface area contributed by atoms with Crippen molar-refractivity contribution in [2.45, 2.75) is 26.2 Å². The number of fused-ring (bicyclic) bond motifs is 3. The summed E-state index contributed by atoms with van der Waals surface area (Å²) in [6.07, 6.45) is 0. The summed E-state index contributed by atoms with van der Waals surface area (Å²) >= 11 is 0. The van der Waals surface area contributed by atoms with Crippen LogP contribution in [0, 0.1) is 0 Å². The third kappa shape index (κ3) is 1.42. The van der Waals surface area contributed by atoms with Crippen LogP contribution in [0.25, 0.3) is 33.0 Å². The van der Waals surface area contributed by atoms with Gasteiger partial charge >= 0.3 is 0 Å². The smallest absolute Gasteiger partial charge is 0.00234 e. The van der Waals surface area contributed by atoms with Crippen LogP contribution in [0.1, 0.15) is 26.3 Å². The van der Waals surface area contributed by atoms with Gasteiger partial charge in [-0.3, -0.25) is 0 Å². The maximum atomic E-state index is 2.31. The maximum Gasteiger partial charge on any atom is -0.00234 e. The Kier molecular flexibility index (Phi) is 2.18. The van der Waals surface area contributed by atoms with Gasteiger partial charge in [-0.1, -0.05) is 75.4 Å². The molecule has 0 saturated heterocycles. The second-order valence-electron chi connectivity index (χ2n) is 6.69. The lowest BCUT2D eigenvalue weighted by molar-refractivity contribution is 0.593. The maximum absolute atomic E-state index is 2.31. The highest BCUT2D eigenvalue weighted by molar-refractivity contribution is 6.16. The van der Waals surface area contributed by atoms with E-state index in [0.29, 0.717) is 0 Å². The molecule has 0 bridgehead atoms. The highest BCUT2D eigenvalue weighted by atomic mass is 14.3. The molecule has 0 spiro atoms. The third-order valence-corrected chi connectivity index (χ3v) is 4.34. The Morgan fingerprint density at radius 3 is 2.10 bits per heavy atom. The summed E-state index contributed by atoms with van der Waals surface area (Å²) in [5.41, 5.74) is 7.21. The Balaban J connectivity index is 2.24. The number of hydrogen-bond acceptors (Lipinski definition) is 0. The van der Waals surface area contributed by atoms with Gasteiger partial charge in [-0.15, -0.1) is 0 Å². The van der Waals surface area contributed by atoms with Gasteiger partial charge in [0.15, 0.2) is 0 Å². The van der Waals surface area contributed by atoms with E-state index in [0.717, 1.165) is 0 Å². The van der Waals surface area contributed by atoms with Gasteiger partial charge in [0.1, 0.15) is 0 Å². The summed E-state index contributed by atoms with van der Waals surface area (Å²) in [7, 11) is 0. The van der Waals surface area contributed by atoms with Crippen LogP contribution in [-0.4, -0.2) is 0 Å². The predicted octanol–water partition coefficient (Wildman–Crippen LogP) is 5.78. The molecular formula is C20H18. The van der Waals surface area contributed by atoms with Crippen LogP contribution < -0.4 is 0 Å². The van der Waals surface area contributed by atoms with Gasteiger partial charge in [0.2, 0.25) is 0 Å². The molecule has 0 aliphatic heterocycles. The fraction of sp³-hybridized carbons (Fsp3) is 0.200. The molecule has 1 aliphatic carbocycles. The van der Waals surface area contributed by atoms with Crippen LogP contribution in [0.3, 0.4) is 0 Å². The van der Waals surface area contributed by atoms with E-state index in [9.17, 15) is 0 Å². The van der Waals surface area contributed by atoms with Gasteiger partial charge in [-0.2, -0.15) is 0 Å². The van der Waals surface area contributed by atoms with Crippen LogP contribution in [0.15, 0.2) is 54.6 Å². The first-order valence-electron chi connectivity index (χ1n) is 7.23. The third-order valence-electron chi connectivity index (χ3n) is 4.34. The topological polar surface area (TPSA) is 0 Å². The van der Waals surface area contributed by atoms with Crippen LogP contribution in [-0.2, 0) is 5.41 Å². The summed E-state index contributed by atoms with van der Waals surface area (Å²) in [6, 6.07) is 20.0. The van der Waals surface area contributed by atoms with Gasteiger partial charge in [-0.05, 0) is 44.0 Å². The van der Waals surface area contributed by atoms with E-state index >= 15 is 0 Å². The molecule has 0 radical (unpaired) electrons. The van der Waals surface area contributed by atoms with Gasteiger partial charge in [0, 0.05) is 0 Å². The van der Waals surface area contributed by atoms with E-state index < -0.39 is 0 Å². The first kappa shape index (κ1) is 11.7. The average molecular weight is 258 g/mol. The van der Waals surface area contributed by atoms with Crippen molar-refractivity contribution in [2.24, 2.45) is 0 Å². The van der Waals surface area contributed by atoms with E-state index in [4.69, 9.17) is 0 Å². The van der Waals surface area contributed by atoms with E-state index in [1.54, 1.807) is 0 Å². The predicted molar refractivity (Wildman–Crippen MR) is 87.1 cm³/mol. The molecule has 0 aromatic heterocycles.